The fourth-order valence-electron chi connectivity index (χ4n) is 2.40. The van der Waals surface area contributed by atoms with Crippen LogP contribution in [-0.4, -0.2) is 20.7 Å². The summed E-state index contributed by atoms with van der Waals surface area (Å²) in [5.41, 5.74) is 3.63. The van der Waals surface area contributed by atoms with Crippen molar-refractivity contribution in [1.82, 2.24) is 0 Å². The maximum atomic E-state index is 11.0. The van der Waals surface area contributed by atoms with E-state index in [1.54, 1.807) is 6.07 Å². The minimum absolute atomic E-state index is 0.601. The maximum absolute atomic E-state index is 11.0. The van der Waals surface area contributed by atoms with Crippen LogP contribution in [0.1, 0.15) is 47.7 Å². The van der Waals surface area contributed by atoms with E-state index in [1.807, 2.05) is 0 Å². The zero-order valence-electron chi connectivity index (χ0n) is 10.3. The van der Waals surface area contributed by atoms with E-state index < -0.39 is 0 Å². The predicted molar refractivity (Wildman–Crippen MR) is 69.6 cm³/mol. The Morgan fingerprint density at radius 3 is 2.88 bits per heavy atom. The molecule has 0 aromatic heterocycles. The first-order valence-electron chi connectivity index (χ1n) is 6.30. The molecule has 0 N–H and O–H groups in total. The van der Waals surface area contributed by atoms with Crippen LogP contribution in [0.4, 0.5) is 0 Å². The van der Waals surface area contributed by atoms with Gasteiger partial charge in [-0.2, -0.15) is 0 Å². The van der Waals surface area contributed by atoms with Crippen molar-refractivity contribution >= 4 is 19.6 Å². The van der Waals surface area contributed by atoms with Gasteiger partial charge in [-0.3, -0.25) is 4.79 Å². The van der Waals surface area contributed by atoms with E-state index in [0.717, 1.165) is 60.8 Å². The third-order valence-corrected chi connectivity index (χ3v) is 3.28. The average molecular weight is 228 g/mol. The lowest BCUT2D eigenvalue weighted by Gasteiger charge is -2.15. The summed E-state index contributed by atoms with van der Waals surface area (Å²) >= 11 is 0. The molecule has 0 bridgehead atoms. The normalized spacial score (nSPS) is 13.5. The average Bonchev–Trinajstić information content (AvgIpc) is 2.80. The van der Waals surface area contributed by atoms with E-state index in [0.29, 0.717) is 12.1 Å². The molecule has 0 aliphatic heterocycles. The Balaban J connectivity index is 2.32. The van der Waals surface area contributed by atoms with E-state index in [2.05, 4.69) is 6.92 Å². The second-order valence-electron chi connectivity index (χ2n) is 4.51. The highest BCUT2D eigenvalue weighted by Crippen LogP contribution is 2.31. The minimum Gasteiger partial charge on any atom is -0.494 e. The van der Waals surface area contributed by atoms with Gasteiger partial charge in [0.15, 0.2) is 0 Å². The Kier molecular flexibility index (Phi) is 3.87. The molecule has 0 amide bonds. The second-order valence-corrected chi connectivity index (χ2v) is 4.51. The molecular formula is C14H17BO2. The summed E-state index contributed by atoms with van der Waals surface area (Å²) in [6, 6.07) is 1.75. The highest BCUT2D eigenvalue weighted by molar-refractivity contribution is 6.34. The summed E-state index contributed by atoms with van der Waals surface area (Å²) in [6.07, 6.45) is 6.06. The first-order valence-corrected chi connectivity index (χ1v) is 6.30. The first-order chi connectivity index (χ1) is 8.27. The molecule has 1 aliphatic carbocycles. The summed E-state index contributed by atoms with van der Waals surface area (Å²) in [6.45, 7) is 2.83. The smallest absolute Gasteiger partial charge is 0.150 e. The van der Waals surface area contributed by atoms with Crippen molar-refractivity contribution in [1.29, 1.82) is 0 Å². The largest absolute Gasteiger partial charge is 0.494 e. The molecule has 0 atom stereocenters. The van der Waals surface area contributed by atoms with Crippen LogP contribution in [0.3, 0.4) is 0 Å². The summed E-state index contributed by atoms with van der Waals surface area (Å²) in [5.74, 6) is 0.816. The van der Waals surface area contributed by atoms with E-state index in [-0.39, 0.29) is 0 Å². The number of aldehydes is 1. The lowest BCUT2D eigenvalue weighted by atomic mass is 9.88. The number of hydrogen-bond donors (Lipinski definition) is 0. The molecule has 88 valence electrons. The van der Waals surface area contributed by atoms with E-state index in [9.17, 15) is 4.79 Å². The molecule has 1 aromatic carbocycles. The number of carbonyl (C=O) groups excluding carboxylic acids is 1. The zero-order chi connectivity index (χ0) is 12.3. The van der Waals surface area contributed by atoms with Gasteiger partial charge in [0.1, 0.15) is 19.9 Å². The number of ether oxygens (including phenoxy) is 1. The van der Waals surface area contributed by atoms with Crippen molar-refractivity contribution in [3.63, 3.8) is 0 Å². The summed E-state index contributed by atoms with van der Waals surface area (Å²) in [7, 11) is 5.97. The Morgan fingerprint density at radius 1 is 1.41 bits per heavy atom. The molecule has 0 unspecified atom stereocenters. The summed E-state index contributed by atoms with van der Waals surface area (Å²) < 4.78 is 5.78. The molecule has 0 heterocycles. The number of fused-ring (bicyclic) bond motifs is 1. The molecule has 1 aromatic rings. The Bertz CT molecular complexity index is 427. The molecular weight excluding hydrogens is 211 g/mol. The fourth-order valence-corrected chi connectivity index (χ4v) is 2.40. The SMILES string of the molecule is [B]c1cc(C=O)c2c(c1OCCCC)CCC2. The van der Waals surface area contributed by atoms with Crippen LogP contribution >= 0.6 is 0 Å². The van der Waals surface area contributed by atoms with Crippen LogP contribution in [0.15, 0.2) is 6.07 Å². The zero-order valence-corrected chi connectivity index (χ0v) is 10.3. The van der Waals surface area contributed by atoms with E-state index in [4.69, 9.17) is 12.6 Å². The minimum atomic E-state index is 0.601. The van der Waals surface area contributed by atoms with Gasteiger partial charge in [-0.25, -0.2) is 0 Å². The topological polar surface area (TPSA) is 26.3 Å². The molecule has 0 spiro atoms. The van der Waals surface area contributed by atoms with Crippen molar-refractivity contribution in [3.8, 4) is 5.75 Å². The number of unbranched alkanes of at least 4 members (excludes halogenated alkanes) is 1. The van der Waals surface area contributed by atoms with Crippen LogP contribution in [-0.2, 0) is 12.8 Å². The lowest BCUT2D eigenvalue weighted by Crippen LogP contribution is -2.15. The quantitative estimate of drug-likeness (QED) is 0.437. The first kappa shape index (κ1) is 12.2. The number of benzene rings is 1. The monoisotopic (exact) mass is 228 g/mol. The number of hydrogen-bond acceptors (Lipinski definition) is 2. The molecule has 17 heavy (non-hydrogen) atoms. The Hall–Kier alpha value is -1.25. The standard InChI is InChI=1S/C14H17BO2/c1-2-3-7-17-14-12-6-4-5-11(12)10(9-16)8-13(14)15/h8-9H,2-7H2,1H3. The molecule has 0 fully saturated rings. The maximum Gasteiger partial charge on any atom is 0.150 e. The Morgan fingerprint density at radius 2 is 2.18 bits per heavy atom. The molecule has 2 radical (unpaired) electrons. The van der Waals surface area contributed by atoms with Gasteiger partial charge < -0.3 is 4.74 Å². The Labute approximate surface area is 104 Å². The van der Waals surface area contributed by atoms with Gasteiger partial charge in [-0.05, 0) is 36.8 Å². The van der Waals surface area contributed by atoms with Crippen molar-refractivity contribution in [2.24, 2.45) is 0 Å². The van der Waals surface area contributed by atoms with Gasteiger partial charge in [0.05, 0.1) is 6.61 Å². The second kappa shape index (κ2) is 5.39. The number of carbonyl (C=O) groups is 1. The van der Waals surface area contributed by atoms with Crippen molar-refractivity contribution in [2.45, 2.75) is 39.0 Å². The van der Waals surface area contributed by atoms with Crippen LogP contribution in [0, 0.1) is 0 Å². The molecule has 2 rings (SSSR count). The van der Waals surface area contributed by atoms with Crippen LogP contribution in [0.2, 0.25) is 0 Å². The third-order valence-electron chi connectivity index (χ3n) is 3.28. The van der Waals surface area contributed by atoms with Crippen LogP contribution in [0.25, 0.3) is 0 Å². The molecule has 1 aliphatic rings. The van der Waals surface area contributed by atoms with Gasteiger partial charge in [0.25, 0.3) is 0 Å². The van der Waals surface area contributed by atoms with Gasteiger partial charge in [0.2, 0.25) is 0 Å². The van der Waals surface area contributed by atoms with Crippen molar-refractivity contribution < 1.29 is 9.53 Å². The third kappa shape index (κ3) is 2.38. The highest BCUT2D eigenvalue weighted by Gasteiger charge is 2.20. The lowest BCUT2D eigenvalue weighted by molar-refractivity contribution is 0.112. The van der Waals surface area contributed by atoms with Crippen molar-refractivity contribution in [2.75, 3.05) is 6.61 Å². The highest BCUT2D eigenvalue weighted by atomic mass is 16.5. The van der Waals surface area contributed by atoms with Gasteiger partial charge in [-0.15, -0.1) is 0 Å². The molecule has 0 saturated heterocycles. The summed E-state index contributed by atoms with van der Waals surface area (Å²) in [5, 5.41) is 0. The predicted octanol–water partition coefficient (Wildman–Crippen LogP) is 1.96. The fraction of sp³-hybridized carbons (Fsp3) is 0.500. The summed E-state index contributed by atoms with van der Waals surface area (Å²) in [4.78, 5) is 11.0. The molecule has 0 saturated carbocycles. The van der Waals surface area contributed by atoms with E-state index >= 15 is 0 Å². The van der Waals surface area contributed by atoms with Gasteiger partial charge >= 0.3 is 0 Å². The van der Waals surface area contributed by atoms with Crippen LogP contribution < -0.4 is 10.2 Å². The number of rotatable bonds is 5. The van der Waals surface area contributed by atoms with Gasteiger partial charge in [-0.1, -0.05) is 24.9 Å². The van der Waals surface area contributed by atoms with Crippen molar-refractivity contribution in [3.05, 3.63) is 22.8 Å². The van der Waals surface area contributed by atoms with Crippen LogP contribution in [0.5, 0.6) is 5.75 Å². The van der Waals surface area contributed by atoms with E-state index in [1.165, 1.54) is 0 Å². The molecule has 2 nitrogen and oxygen atoms in total. The van der Waals surface area contributed by atoms with Gasteiger partial charge in [0, 0.05) is 5.56 Å². The molecule has 3 heteroatoms.